The lowest BCUT2D eigenvalue weighted by atomic mass is 9.87. The van der Waals surface area contributed by atoms with E-state index < -0.39 is 0 Å². The zero-order valence-electron chi connectivity index (χ0n) is 8.70. The fourth-order valence-corrected chi connectivity index (χ4v) is 1.54. The maximum Gasteiger partial charge on any atom is 0.0503 e. The van der Waals surface area contributed by atoms with Gasteiger partial charge in [0.15, 0.2) is 0 Å². The summed E-state index contributed by atoms with van der Waals surface area (Å²) in [6.07, 6.45) is 9.57. The molecule has 74 valence electrons. The first-order valence-corrected chi connectivity index (χ1v) is 4.79. The molecular weight excluding hydrogens is 172 g/mol. The molecule has 0 amide bonds. The summed E-state index contributed by atoms with van der Waals surface area (Å²) >= 11 is 0. The summed E-state index contributed by atoms with van der Waals surface area (Å²) in [6, 6.07) is 1.95. The summed E-state index contributed by atoms with van der Waals surface area (Å²) in [7, 11) is 0. The Kier molecular flexibility index (Phi) is 3.53. The molecule has 0 fully saturated rings. The molecular formula is C12H16N2. The minimum atomic E-state index is 0.357. The molecule has 1 aromatic heterocycles. The lowest BCUT2D eigenvalue weighted by molar-refractivity contribution is 0.507. The van der Waals surface area contributed by atoms with Crippen molar-refractivity contribution in [3.63, 3.8) is 0 Å². The lowest BCUT2D eigenvalue weighted by Crippen LogP contribution is -2.07. The molecule has 0 spiro atoms. The van der Waals surface area contributed by atoms with E-state index in [9.17, 15) is 0 Å². The minimum Gasteiger partial charge on any atom is -0.397 e. The van der Waals surface area contributed by atoms with Gasteiger partial charge in [0.05, 0.1) is 5.69 Å². The van der Waals surface area contributed by atoms with Crippen molar-refractivity contribution >= 4 is 5.69 Å². The molecule has 0 aliphatic rings. The molecule has 2 N–H and O–H groups in total. The van der Waals surface area contributed by atoms with Crippen LogP contribution < -0.4 is 5.73 Å². The molecule has 0 aromatic carbocycles. The summed E-state index contributed by atoms with van der Waals surface area (Å²) in [4.78, 5) is 4.08. The van der Waals surface area contributed by atoms with Crippen LogP contribution in [0.15, 0.2) is 18.5 Å². The average molecular weight is 188 g/mol. The van der Waals surface area contributed by atoms with Crippen LogP contribution in [0.4, 0.5) is 5.69 Å². The molecule has 1 rings (SSSR count). The summed E-state index contributed by atoms with van der Waals surface area (Å²) in [5, 5.41) is 0. The van der Waals surface area contributed by atoms with E-state index >= 15 is 0 Å². The highest BCUT2D eigenvalue weighted by Gasteiger charge is 2.14. The van der Waals surface area contributed by atoms with Gasteiger partial charge in [0.25, 0.3) is 0 Å². The Morgan fingerprint density at radius 2 is 2.21 bits per heavy atom. The van der Waals surface area contributed by atoms with Crippen LogP contribution in [0.2, 0.25) is 0 Å². The maximum atomic E-state index is 5.68. The first kappa shape index (κ1) is 10.6. The van der Waals surface area contributed by atoms with Crippen LogP contribution in [-0.4, -0.2) is 4.98 Å². The van der Waals surface area contributed by atoms with E-state index in [1.807, 2.05) is 12.3 Å². The van der Waals surface area contributed by atoms with Crippen molar-refractivity contribution in [3.05, 3.63) is 24.0 Å². The monoisotopic (exact) mass is 188 g/mol. The normalized spacial score (nSPS) is 12.4. The topological polar surface area (TPSA) is 38.9 Å². The number of nitrogens with two attached hydrogens (primary N) is 1. The molecule has 2 heteroatoms. The Balaban J connectivity index is 2.94. The van der Waals surface area contributed by atoms with Gasteiger partial charge in [-0.25, -0.2) is 0 Å². The molecule has 1 atom stereocenters. The van der Waals surface area contributed by atoms with Gasteiger partial charge in [0, 0.05) is 18.8 Å². The van der Waals surface area contributed by atoms with Crippen molar-refractivity contribution in [2.24, 2.45) is 5.92 Å². The largest absolute Gasteiger partial charge is 0.397 e. The molecule has 0 aliphatic carbocycles. The maximum absolute atomic E-state index is 5.68. The SMILES string of the molecule is C#CC[C@@H](c1cncc(N)c1)C(C)C. The van der Waals surface area contributed by atoms with E-state index in [1.54, 1.807) is 6.20 Å². The Labute approximate surface area is 85.5 Å². The van der Waals surface area contributed by atoms with E-state index in [0.29, 0.717) is 17.5 Å². The third-order valence-corrected chi connectivity index (χ3v) is 2.35. The quantitative estimate of drug-likeness (QED) is 0.740. The predicted molar refractivity (Wildman–Crippen MR) is 59.7 cm³/mol. The summed E-state index contributed by atoms with van der Waals surface area (Å²) in [5.41, 5.74) is 7.51. The number of terminal acetylenes is 1. The summed E-state index contributed by atoms with van der Waals surface area (Å²) < 4.78 is 0. The van der Waals surface area contributed by atoms with Crippen molar-refractivity contribution in [2.45, 2.75) is 26.2 Å². The van der Waals surface area contributed by atoms with Gasteiger partial charge in [-0.05, 0) is 23.5 Å². The van der Waals surface area contributed by atoms with E-state index in [1.165, 1.54) is 0 Å². The third-order valence-electron chi connectivity index (χ3n) is 2.35. The Morgan fingerprint density at radius 1 is 1.50 bits per heavy atom. The number of hydrogen-bond donors (Lipinski definition) is 1. The van der Waals surface area contributed by atoms with E-state index in [4.69, 9.17) is 12.2 Å². The molecule has 1 aromatic rings. The van der Waals surface area contributed by atoms with Crippen molar-refractivity contribution in [1.29, 1.82) is 0 Å². The molecule has 0 bridgehead atoms. The van der Waals surface area contributed by atoms with Crippen LogP contribution in [0.25, 0.3) is 0 Å². The average Bonchev–Trinajstić information content (AvgIpc) is 2.13. The van der Waals surface area contributed by atoms with Crippen molar-refractivity contribution in [2.75, 3.05) is 5.73 Å². The molecule has 0 aliphatic heterocycles. The van der Waals surface area contributed by atoms with Gasteiger partial charge in [-0.2, -0.15) is 0 Å². The predicted octanol–water partition coefficient (Wildman–Crippen LogP) is 2.43. The lowest BCUT2D eigenvalue weighted by Gasteiger charge is -2.18. The number of nitrogens with zero attached hydrogens (tertiary/aromatic N) is 1. The van der Waals surface area contributed by atoms with E-state index in [0.717, 1.165) is 12.0 Å². The molecule has 0 unspecified atom stereocenters. The van der Waals surface area contributed by atoms with Crippen LogP contribution in [0.1, 0.15) is 31.7 Å². The van der Waals surface area contributed by atoms with Crippen LogP contribution >= 0.6 is 0 Å². The molecule has 0 saturated heterocycles. The van der Waals surface area contributed by atoms with Crippen molar-refractivity contribution < 1.29 is 0 Å². The summed E-state index contributed by atoms with van der Waals surface area (Å²) in [6.45, 7) is 4.32. The van der Waals surface area contributed by atoms with Gasteiger partial charge >= 0.3 is 0 Å². The molecule has 0 radical (unpaired) electrons. The minimum absolute atomic E-state index is 0.357. The van der Waals surface area contributed by atoms with Gasteiger partial charge in [-0.15, -0.1) is 12.3 Å². The summed E-state index contributed by atoms with van der Waals surface area (Å²) in [5.74, 6) is 3.56. The Hall–Kier alpha value is -1.49. The fraction of sp³-hybridized carbons (Fsp3) is 0.417. The number of rotatable bonds is 3. The second kappa shape index (κ2) is 4.66. The van der Waals surface area contributed by atoms with Crippen LogP contribution in [-0.2, 0) is 0 Å². The van der Waals surface area contributed by atoms with Gasteiger partial charge in [-0.3, -0.25) is 4.98 Å². The molecule has 1 heterocycles. The number of nitrogen functional groups attached to an aromatic ring is 1. The van der Waals surface area contributed by atoms with Crippen LogP contribution in [0.3, 0.4) is 0 Å². The zero-order chi connectivity index (χ0) is 10.6. The third kappa shape index (κ3) is 2.50. The highest BCUT2D eigenvalue weighted by Crippen LogP contribution is 2.27. The molecule has 14 heavy (non-hydrogen) atoms. The fourth-order valence-electron chi connectivity index (χ4n) is 1.54. The van der Waals surface area contributed by atoms with E-state index in [2.05, 4.69) is 24.8 Å². The smallest absolute Gasteiger partial charge is 0.0503 e. The highest BCUT2D eigenvalue weighted by atomic mass is 14.7. The highest BCUT2D eigenvalue weighted by molar-refractivity contribution is 5.38. The standard InChI is InChI=1S/C12H16N2/c1-4-5-12(9(2)3)10-6-11(13)8-14-7-10/h1,6-9,12H,5,13H2,2-3H3/t12-/m1/s1. The first-order chi connectivity index (χ1) is 6.65. The number of anilines is 1. The number of hydrogen-bond acceptors (Lipinski definition) is 2. The molecule has 0 saturated carbocycles. The van der Waals surface area contributed by atoms with Gasteiger partial charge in [0.1, 0.15) is 0 Å². The van der Waals surface area contributed by atoms with Crippen LogP contribution in [0, 0.1) is 18.3 Å². The van der Waals surface area contributed by atoms with Crippen molar-refractivity contribution in [1.82, 2.24) is 4.98 Å². The van der Waals surface area contributed by atoms with Gasteiger partial charge in [0.2, 0.25) is 0 Å². The van der Waals surface area contributed by atoms with E-state index in [-0.39, 0.29) is 0 Å². The first-order valence-electron chi connectivity index (χ1n) is 4.79. The van der Waals surface area contributed by atoms with Crippen molar-refractivity contribution in [3.8, 4) is 12.3 Å². The second-order valence-corrected chi connectivity index (χ2v) is 3.81. The number of aromatic nitrogens is 1. The molecule has 2 nitrogen and oxygen atoms in total. The van der Waals surface area contributed by atoms with Gasteiger partial charge < -0.3 is 5.73 Å². The zero-order valence-corrected chi connectivity index (χ0v) is 8.70. The van der Waals surface area contributed by atoms with Gasteiger partial charge in [-0.1, -0.05) is 13.8 Å². The Morgan fingerprint density at radius 3 is 2.71 bits per heavy atom. The Bertz CT molecular complexity index is 336. The van der Waals surface area contributed by atoms with Crippen LogP contribution in [0.5, 0.6) is 0 Å². The second-order valence-electron chi connectivity index (χ2n) is 3.81. The number of pyridine rings is 1.